The van der Waals surface area contributed by atoms with E-state index < -0.39 is 0 Å². The van der Waals surface area contributed by atoms with Crippen LogP contribution in [0, 0.1) is 0 Å². The highest BCUT2D eigenvalue weighted by Crippen LogP contribution is 2.28. The molecule has 0 heterocycles. The summed E-state index contributed by atoms with van der Waals surface area (Å²) in [7, 11) is 0. The third-order valence-corrected chi connectivity index (χ3v) is 4.54. The van der Waals surface area contributed by atoms with Crippen LogP contribution in [0.5, 0.6) is 5.75 Å². The minimum absolute atomic E-state index is 0.0900. The Kier molecular flexibility index (Phi) is 7.86. The van der Waals surface area contributed by atoms with Crippen molar-refractivity contribution < 1.29 is 14.3 Å². The number of nitrogens with one attached hydrogen (secondary N) is 2. The van der Waals surface area contributed by atoms with E-state index in [0.717, 1.165) is 29.7 Å². The van der Waals surface area contributed by atoms with Crippen LogP contribution in [-0.4, -0.2) is 25.0 Å². The summed E-state index contributed by atoms with van der Waals surface area (Å²) in [5.74, 6) is 0.481. The van der Waals surface area contributed by atoms with Crippen molar-refractivity contribution >= 4 is 17.5 Å². The van der Waals surface area contributed by atoms with Crippen LogP contribution in [0.15, 0.2) is 48.5 Å². The van der Waals surface area contributed by atoms with E-state index >= 15 is 0 Å². The molecule has 2 aromatic carbocycles. The third-order valence-electron chi connectivity index (χ3n) is 4.54. The molecule has 0 aliphatic carbocycles. The smallest absolute Gasteiger partial charge is 0.258 e. The van der Waals surface area contributed by atoms with Crippen molar-refractivity contribution in [2.45, 2.75) is 39.5 Å². The molecule has 5 heteroatoms. The van der Waals surface area contributed by atoms with Gasteiger partial charge >= 0.3 is 0 Å². The number of benzene rings is 2. The highest BCUT2D eigenvalue weighted by atomic mass is 16.5. The van der Waals surface area contributed by atoms with Crippen molar-refractivity contribution in [1.29, 1.82) is 0 Å². The standard InChI is InChI=1S/C22H28N2O3/c1-4-16(3)18-11-7-9-13-20(18)27-15-22(26)23-14-21(25)24-19-12-8-6-10-17(19)5-2/h6-13,16H,4-5,14-15H2,1-3H3,(H,23,26)(H,24,25). The van der Waals surface area contributed by atoms with Gasteiger partial charge in [-0.3, -0.25) is 9.59 Å². The van der Waals surface area contributed by atoms with Crippen molar-refractivity contribution in [2.24, 2.45) is 0 Å². The van der Waals surface area contributed by atoms with Crippen LogP contribution in [0.25, 0.3) is 0 Å². The van der Waals surface area contributed by atoms with E-state index in [2.05, 4.69) is 24.5 Å². The number of anilines is 1. The molecule has 2 rings (SSSR count). The molecule has 0 saturated heterocycles. The van der Waals surface area contributed by atoms with E-state index in [4.69, 9.17) is 4.74 Å². The van der Waals surface area contributed by atoms with Crippen LogP contribution in [-0.2, 0) is 16.0 Å². The fourth-order valence-electron chi connectivity index (χ4n) is 2.76. The molecule has 0 fully saturated rings. The molecule has 27 heavy (non-hydrogen) atoms. The second kappa shape index (κ2) is 10.4. The first-order valence-electron chi connectivity index (χ1n) is 9.41. The second-order valence-electron chi connectivity index (χ2n) is 6.47. The lowest BCUT2D eigenvalue weighted by molar-refractivity contribution is -0.125. The Labute approximate surface area is 161 Å². The number of amides is 2. The average molecular weight is 368 g/mol. The van der Waals surface area contributed by atoms with Gasteiger partial charge in [0.2, 0.25) is 5.91 Å². The number of hydrogen-bond acceptors (Lipinski definition) is 3. The third kappa shape index (κ3) is 6.13. The van der Waals surface area contributed by atoms with Crippen LogP contribution in [0.2, 0.25) is 0 Å². The zero-order chi connectivity index (χ0) is 19.6. The maximum Gasteiger partial charge on any atom is 0.258 e. The number of carbonyl (C=O) groups excluding carboxylic acids is 2. The normalized spacial score (nSPS) is 11.5. The monoisotopic (exact) mass is 368 g/mol. The molecule has 2 N–H and O–H groups in total. The quantitative estimate of drug-likeness (QED) is 0.705. The SMILES string of the molecule is CCc1ccccc1NC(=O)CNC(=O)COc1ccccc1C(C)CC. The molecule has 0 spiro atoms. The molecule has 144 valence electrons. The Bertz CT molecular complexity index is 774. The Morgan fingerprint density at radius 2 is 1.70 bits per heavy atom. The Balaban J connectivity index is 1.82. The van der Waals surface area contributed by atoms with Gasteiger partial charge in [0.1, 0.15) is 5.75 Å². The van der Waals surface area contributed by atoms with E-state index in [9.17, 15) is 9.59 Å². The molecule has 2 aromatic rings. The molecule has 0 aromatic heterocycles. The first-order chi connectivity index (χ1) is 13.0. The second-order valence-corrected chi connectivity index (χ2v) is 6.47. The lowest BCUT2D eigenvalue weighted by Crippen LogP contribution is -2.36. The number of carbonyl (C=O) groups is 2. The van der Waals surface area contributed by atoms with Gasteiger partial charge in [0.25, 0.3) is 5.91 Å². The van der Waals surface area contributed by atoms with Gasteiger partial charge in [-0.2, -0.15) is 0 Å². The number of hydrogen-bond donors (Lipinski definition) is 2. The summed E-state index contributed by atoms with van der Waals surface area (Å²) in [5, 5.41) is 5.42. The van der Waals surface area contributed by atoms with Gasteiger partial charge in [-0.25, -0.2) is 0 Å². The first-order valence-corrected chi connectivity index (χ1v) is 9.41. The Morgan fingerprint density at radius 1 is 1.00 bits per heavy atom. The van der Waals surface area contributed by atoms with Crippen molar-refractivity contribution in [3.63, 3.8) is 0 Å². The van der Waals surface area contributed by atoms with Crippen molar-refractivity contribution in [2.75, 3.05) is 18.5 Å². The van der Waals surface area contributed by atoms with Gasteiger partial charge in [0, 0.05) is 5.69 Å². The molecular weight excluding hydrogens is 340 g/mol. The predicted molar refractivity (Wildman–Crippen MR) is 108 cm³/mol. The molecule has 2 amide bonds. The first kappa shape index (κ1) is 20.5. The Hall–Kier alpha value is -2.82. The number of para-hydroxylation sites is 2. The van der Waals surface area contributed by atoms with E-state index in [1.165, 1.54) is 0 Å². The van der Waals surface area contributed by atoms with E-state index in [1.807, 2.05) is 55.5 Å². The average Bonchev–Trinajstić information content (AvgIpc) is 2.70. The topological polar surface area (TPSA) is 67.4 Å². The highest BCUT2D eigenvalue weighted by Gasteiger charge is 2.12. The van der Waals surface area contributed by atoms with E-state index in [1.54, 1.807) is 0 Å². The lowest BCUT2D eigenvalue weighted by Gasteiger charge is -2.15. The maximum atomic E-state index is 12.1. The lowest BCUT2D eigenvalue weighted by atomic mass is 9.98. The van der Waals surface area contributed by atoms with Gasteiger partial charge < -0.3 is 15.4 Å². The zero-order valence-electron chi connectivity index (χ0n) is 16.2. The van der Waals surface area contributed by atoms with Crippen LogP contribution in [0.4, 0.5) is 5.69 Å². The molecule has 5 nitrogen and oxygen atoms in total. The van der Waals surface area contributed by atoms with Crippen molar-refractivity contribution in [3.8, 4) is 5.75 Å². The van der Waals surface area contributed by atoms with E-state index in [-0.39, 0.29) is 25.0 Å². The van der Waals surface area contributed by atoms with Crippen molar-refractivity contribution in [3.05, 3.63) is 59.7 Å². The molecule has 0 aliphatic heterocycles. The minimum Gasteiger partial charge on any atom is -0.483 e. The van der Waals surface area contributed by atoms with Gasteiger partial charge in [-0.05, 0) is 42.0 Å². The molecule has 0 radical (unpaired) electrons. The minimum atomic E-state index is -0.326. The van der Waals surface area contributed by atoms with Crippen molar-refractivity contribution in [1.82, 2.24) is 5.32 Å². The number of aryl methyl sites for hydroxylation is 1. The van der Waals surface area contributed by atoms with Gasteiger partial charge in [0.15, 0.2) is 6.61 Å². The summed E-state index contributed by atoms with van der Waals surface area (Å²) in [4.78, 5) is 24.1. The zero-order valence-corrected chi connectivity index (χ0v) is 16.2. The number of ether oxygens (including phenoxy) is 1. The summed E-state index contributed by atoms with van der Waals surface area (Å²) in [6, 6.07) is 15.4. The summed E-state index contributed by atoms with van der Waals surface area (Å²) < 4.78 is 5.67. The molecule has 0 bridgehead atoms. The largest absolute Gasteiger partial charge is 0.483 e. The molecular formula is C22H28N2O3. The maximum absolute atomic E-state index is 12.1. The highest BCUT2D eigenvalue weighted by molar-refractivity contribution is 5.95. The molecule has 1 atom stereocenters. The fourth-order valence-corrected chi connectivity index (χ4v) is 2.76. The summed E-state index contributed by atoms with van der Waals surface area (Å²) in [6.45, 7) is 6.06. The number of rotatable bonds is 9. The van der Waals surface area contributed by atoms with Crippen LogP contribution in [0.1, 0.15) is 44.2 Å². The summed E-state index contributed by atoms with van der Waals surface area (Å²) in [6.07, 6.45) is 1.82. The van der Waals surface area contributed by atoms with E-state index in [0.29, 0.717) is 11.7 Å². The predicted octanol–water partition coefficient (Wildman–Crippen LogP) is 3.90. The summed E-state index contributed by atoms with van der Waals surface area (Å²) in [5.41, 5.74) is 2.92. The van der Waals surface area contributed by atoms with Crippen LogP contribution >= 0.6 is 0 Å². The molecule has 0 aliphatic rings. The fraction of sp³-hybridized carbons (Fsp3) is 0.364. The van der Waals surface area contributed by atoms with Gasteiger partial charge in [-0.1, -0.05) is 57.2 Å². The van der Waals surface area contributed by atoms with Gasteiger partial charge in [0.05, 0.1) is 6.54 Å². The molecule has 0 saturated carbocycles. The molecule has 1 unspecified atom stereocenters. The summed E-state index contributed by atoms with van der Waals surface area (Å²) >= 11 is 0. The Morgan fingerprint density at radius 3 is 2.44 bits per heavy atom. The van der Waals surface area contributed by atoms with Crippen LogP contribution < -0.4 is 15.4 Å². The van der Waals surface area contributed by atoms with Gasteiger partial charge in [-0.15, -0.1) is 0 Å². The van der Waals surface area contributed by atoms with Crippen LogP contribution in [0.3, 0.4) is 0 Å².